The van der Waals surface area contributed by atoms with Crippen LogP contribution in [0.25, 0.3) is 0 Å². The van der Waals surface area contributed by atoms with Crippen LogP contribution in [-0.4, -0.2) is 23.5 Å². The molecule has 0 saturated heterocycles. The monoisotopic (exact) mass is 257 g/mol. The van der Waals surface area contributed by atoms with Gasteiger partial charge in [-0.25, -0.2) is 4.79 Å². The minimum absolute atomic E-state index is 0.252. The van der Waals surface area contributed by atoms with Crippen molar-refractivity contribution in [2.24, 2.45) is 10.8 Å². The van der Waals surface area contributed by atoms with Gasteiger partial charge in [-0.3, -0.25) is 5.01 Å². The molecule has 1 aliphatic rings. The Balaban J connectivity index is 2.25. The van der Waals surface area contributed by atoms with Crippen LogP contribution >= 0.6 is 0 Å². The van der Waals surface area contributed by atoms with Gasteiger partial charge in [-0.1, -0.05) is 24.3 Å². The van der Waals surface area contributed by atoms with Gasteiger partial charge >= 0.3 is 5.97 Å². The topological polar surface area (TPSA) is 78.9 Å². The molecule has 0 aliphatic carbocycles. The van der Waals surface area contributed by atoms with Crippen molar-refractivity contribution in [1.82, 2.24) is 0 Å². The first-order chi connectivity index (χ1) is 9.16. The van der Waals surface area contributed by atoms with Crippen LogP contribution in [0.3, 0.4) is 0 Å². The Morgan fingerprint density at radius 1 is 1.21 bits per heavy atom. The van der Waals surface area contributed by atoms with E-state index in [1.165, 1.54) is 0 Å². The third-order valence-corrected chi connectivity index (χ3v) is 2.65. The lowest BCUT2D eigenvalue weighted by atomic mass is 10.2. The molecule has 1 aromatic carbocycles. The minimum atomic E-state index is -0.942. The smallest absolute Gasteiger partial charge is 0.335 e. The van der Waals surface area contributed by atoms with E-state index in [-0.39, 0.29) is 5.56 Å². The number of carboxylic acid groups (broad SMARTS) is 1. The number of amidine groups is 1. The van der Waals surface area contributed by atoms with Crippen molar-refractivity contribution in [2.75, 3.05) is 11.6 Å². The number of nitrogens with two attached hydrogens (primary N) is 1. The minimum Gasteiger partial charge on any atom is -0.478 e. The number of hydrogen-bond acceptors (Lipinski definition) is 4. The predicted molar refractivity (Wildman–Crippen MR) is 75.3 cm³/mol. The van der Waals surface area contributed by atoms with Crippen LogP contribution in [0.2, 0.25) is 0 Å². The van der Waals surface area contributed by atoms with Gasteiger partial charge in [-0.05, 0) is 24.3 Å². The molecule has 2 rings (SSSR count). The summed E-state index contributed by atoms with van der Waals surface area (Å²) in [5.41, 5.74) is 6.87. The maximum absolute atomic E-state index is 10.8. The second-order valence-corrected chi connectivity index (χ2v) is 4.09. The molecule has 0 fully saturated rings. The van der Waals surface area contributed by atoms with E-state index in [2.05, 4.69) is 5.10 Å². The second kappa shape index (κ2) is 5.86. The van der Waals surface area contributed by atoms with E-state index in [0.717, 1.165) is 5.69 Å². The molecule has 1 aliphatic heterocycles. The average Bonchev–Trinajstić information content (AvgIpc) is 2.51. The fourth-order valence-electron chi connectivity index (χ4n) is 1.68. The Hall–Kier alpha value is -2.56. The van der Waals surface area contributed by atoms with E-state index < -0.39 is 5.97 Å². The van der Waals surface area contributed by atoms with Crippen LogP contribution in [0.4, 0.5) is 5.69 Å². The number of hydrazone groups is 1. The third-order valence-electron chi connectivity index (χ3n) is 2.65. The number of anilines is 1. The zero-order chi connectivity index (χ0) is 13.7. The van der Waals surface area contributed by atoms with E-state index in [0.29, 0.717) is 18.8 Å². The molecule has 98 valence electrons. The summed E-state index contributed by atoms with van der Waals surface area (Å²) < 4.78 is 0. The van der Waals surface area contributed by atoms with E-state index >= 15 is 0 Å². The van der Waals surface area contributed by atoms with Gasteiger partial charge in [0.05, 0.1) is 17.8 Å². The van der Waals surface area contributed by atoms with Crippen molar-refractivity contribution in [3.05, 3.63) is 54.1 Å². The van der Waals surface area contributed by atoms with Crippen molar-refractivity contribution < 1.29 is 9.90 Å². The molecule has 19 heavy (non-hydrogen) atoms. The van der Waals surface area contributed by atoms with Crippen molar-refractivity contribution >= 4 is 17.5 Å². The first-order valence-corrected chi connectivity index (χ1v) is 5.92. The zero-order valence-electron chi connectivity index (χ0n) is 10.4. The second-order valence-electron chi connectivity index (χ2n) is 4.09. The SMILES string of the molecule is N/C1=N/N(c2ccc(C(=O)O)cc2)C/C=C\C=C/C1. The summed E-state index contributed by atoms with van der Waals surface area (Å²) >= 11 is 0. The van der Waals surface area contributed by atoms with Gasteiger partial charge in [0.1, 0.15) is 5.84 Å². The van der Waals surface area contributed by atoms with Crippen molar-refractivity contribution in [3.63, 3.8) is 0 Å². The normalized spacial score (nSPS) is 21.5. The lowest BCUT2D eigenvalue weighted by molar-refractivity contribution is 0.0697. The number of aromatic carboxylic acids is 1. The molecular weight excluding hydrogens is 242 g/mol. The fraction of sp³-hybridized carbons (Fsp3) is 0.143. The number of allylic oxidation sites excluding steroid dienone is 2. The molecule has 0 bridgehead atoms. The highest BCUT2D eigenvalue weighted by atomic mass is 16.4. The number of carboxylic acids is 1. The Kier molecular flexibility index (Phi) is 3.97. The van der Waals surface area contributed by atoms with Crippen molar-refractivity contribution in [3.8, 4) is 0 Å². The van der Waals surface area contributed by atoms with Crippen molar-refractivity contribution in [2.45, 2.75) is 6.42 Å². The average molecular weight is 257 g/mol. The molecule has 0 aromatic heterocycles. The maximum atomic E-state index is 10.8. The Labute approximate surface area is 111 Å². The summed E-state index contributed by atoms with van der Waals surface area (Å²) in [5, 5.41) is 14.9. The molecule has 0 spiro atoms. The third kappa shape index (κ3) is 3.45. The summed E-state index contributed by atoms with van der Waals surface area (Å²) in [4.78, 5) is 10.8. The van der Waals surface area contributed by atoms with Gasteiger partial charge in [0.2, 0.25) is 0 Å². The first kappa shape index (κ1) is 12.9. The molecule has 5 nitrogen and oxygen atoms in total. The summed E-state index contributed by atoms with van der Waals surface area (Å²) in [5.74, 6) is -0.426. The Morgan fingerprint density at radius 3 is 2.58 bits per heavy atom. The maximum Gasteiger partial charge on any atom is 0.335 e. The van der Waals surface area contributed by atoms with Crippen LogP contribution in [0.1, 0.15) is 16.8 Å². The summed E-state index contributed by atoms with van der Waals surface area (Å²) in [7, 11) is 0. The van der Waals surface area contributed by atoms with Gasteiger partial charge in [0, 0.05) is 6.42 Å². The number of benzene rings is 1. The molecule has 3 N–H and O–H groups in total. The highest BCUT2D eigenvalue weighted by Crippen LogP contribution is 2.16. The standard InChI is InChI=1S/C14H15N3O2/c15-13-5-3-1-2-4-10-17(16-13)12-8-6-11(7-9-12)14(18)19/h1-4,6-9H,5,10H2,(H2,15,16)(H,18,19)/b3-1-,4-2-. The molecule has 0 saturated carbocycles. The van der Waals surface area contributed by atoms with E-state index in [4.69, 9.17) is 10.8 Å². The van der Waals surface area contributed by atoms with Gasteiger partial charge in [-0.2, -0.15) is 5.10 Å². The predicted octanol–water partition coefficient (Wildman–Crippen LogP) is 1.98. The molecule has 0 amide bonds. The van der Waals surface area contributed by atoms with Gasteiger partial charge in [0.25, 0.3) is 0 Å². The van der Waals surface area contributed by atoms with Crippen LogP contribution in [0, 0.1) is 0 Å². The van der Waals surface area contributed by atoms with Gasteiger partial charge < -0.3 is 10.8 Å². The number of hydrogen-bond donors (Lipinski definition) is 2. The highest BCUT2D eigenvalue weighted by Gasteiger charge is 2.07. The summed E-state index contributed by atoms with van der Waals surface area (Å²) in [6.07, 6.45) is 8.36. The molecule has 0 unspecified atom stereocenters. The summed E-state index contributed by atoms with van der Waals surface area (Å²) in [6.45, 7) is 0.581. The van der Waals surface area contributed by atoms with Gasteiger partial charge in [-0.15, -0.1) is 0 Å². The lowest BCUT2D eigenvalue weighted by Crippen LogP contribution is -2.22. The molecule has 1 heterocycles. The van der Waals surface area contributed by atoms with E-state index in [9.17, 15) is 4.79 Å². The molecule has 5 heteroatoms. The largest absolute Gasteiger partial charge is 0.478 e. The molecule has 0 atom stereocenters. The van der Waals surface area contributed by atoms with Crippen LogP contribution in [-0.2, 0) is 0 Å². The van der Waals surface area contributed by atoms with Crippen LogP contribution in [0.15, 0.2) is 53.7 Å². The number of rotatable bonds is 2. The molecule has 0 radical (unpaired) electrons. The Bertz CT molecular complexity index is 544. The van der Waals surface area contributed by atoms with E-state index in [1.807, 2.05) is 24.3 Å². The fourth-order valence-corrected chi connectivity index (χ4v) is 1.68. The van der Waals surface area contributed by atoms with Gasteiger partial charge in [0.15, 0.2) is 0 Å². The van der Waals surface area contributed by atoms with Crippen LogP contribution in [0.5, 0.6) is 0 Å². The summed E-state index contributed by atoms with van der Waals surface area (Å²) in [6, 6.07) is 6.55. The molecule has 1 aromatic rings. The number of nitrogens with zero attached hydrogens (tertiary/aromatic N) is 2. The number of carbonyl (C=O) groups is 1. The zero-order valence-corrected chi connectivity index (χ0v) is 10.4. The molecular formula is C14H15N3O2. The Morgan fingerprint density at radius 2 is 1.89 bits per heavy atom. The lowest BCUT2D eigenvalue weighted by Gasteiger charge is -2.18. The highest BCUT2D eigenvalue weighted by molar-refractivity contribution is 5.88. The van der Waals surface area contributed by atoms with Crippen molar-refractivity contribution in [1.29, 1.82) is 0 Å². The quantitative estimate of drug-likeness (QED) is 0.849. The van der Waals surface area contributed by atoms with E-state index in [1.54, 1.807) is 29.3 Å². The first-order valence-electron chi connectivity index (χ1n) is 5.92. The van der Waals surface area contributed by atoms with Crippen LogP contribution < -0.4 is 10.7 Å².